The highest BCUT2D eigenvalue weighted by molar-refractivity contribution is 5.91. The summed E-state index contributed by atoms with van der Waals surface area (Å²) in [6, 6.07) is 3.46. The van der Waals surface area contributed by atoms with E-state index in [4.69, 9.17) is 4.74 Å². The van der Waals surface area contributed by atoms with Crippen molar-refractivity contribution >= 4 is 11.9 Å². The van der Waals surface area contributed by atoms with Crippen LogP contribution in [0, 0.1) is 0 Å². The van der Waals surface area contributed by atoms with Crippen molar-refractivity contribution in [2.45, 2.75) is 12.5 Å². The zero-order valence-electron chi connectivity index (χ0n) is 14.8. The summed E-state index contributed by atoms with van der Waals surface area (Å²) in [4.78, 5) is 34.1. The summed E-state index contributed by atoms with van der Waals surface area (Å²) in [6.45, 7) is 4.72. The van der Waals surface area contributed by atoms with E-state index >= 15 is 0 Å². The molecule has 25 heavy (non-hydrogen) atoms. The third-order valence-corrected chi connectivity index (χ3v) is 4.61. The van der Waals surface area contributed by atoms with Crippen LogP contribution < -0.4 is 10.1 Å². The van der Waals surface area contributed by atoms with Crippen LogP contribution >= 0.6 is 0 Å². The van der Waals surface area contributed by atoms with Gasteiger partial charge in [0.15, 0.2) is 0 Å². The molecular weight excluding hydrogens is 322 g/mol. The minimum Gasteiger partial charge on any atom is -0.485 e. The van der Waals surface area contributed by atoms with Gasteiger partial charge in [-0.2, -0.15) is 0 Å². The molecule has 8 heteroatoms. The maximum absolute atomic E-state index is 12.5. The van der Waals surface area contributed by atoms with E-state index in [9.17, 15) is 9.59 Å². The number of ether oxygens (including phenoxy) is 1. The van der Waals surface area contributed by atoms with Crippen LogP contribution in [0.3, 0.4) is 0 Å². The van der Waals surface area contributed by atoms with Crippen molar-refractivity contribution in [1.29, 1.82) is 0 Å². The molecule has 1 aromatic rings. The van der Waals surface area contributed by atoms with Crippen molar-refractivity contribution in [3.05, 3.63) is 24.0 Å². The number of urea groups is 1. The fourth-order valence-corrected chi connectivity index (χ4v) is 3.01. The third kappa shape index (κ3) is 4.19. The minimum atomic E-state index is -0.227. The highest BCUT2D eigenvalue weighted by Gasteiger charge is 2.35. The van der Waals surface area contributed by atoms with E-state index in [1.807, 2.05) is 9.80 Å². The van der Waals surface area contributed by atoms with Gasteiger partial charge in [-0.25, -0.2) is 9.78 Å². The molecule has 0 bridgehead atoms. The first-order chi connectivity index (χ1) is 12.1. The first-order valence-electron chi connectivity index (χ1n) is 8.64. The fourth-order valence-electron chi connectivity index (χ4n) is 3.01. The van der Waals surface area contributed by atoms with Crippen LogP contribution in [-0.4, -0.2) is 91.1 Å². The zero-order chi connectivity index (χ0) is 17.8. The molecule has 3 amide bonds. The molecule has 0 unspecified atom stereocenters. The molecule has 2 fully saturated rings. The number of likely N-dealkylation sites (tertiary alicyclic amines) is 1. The smallest absolute Gasteiger partial charge is 0.320 e. The van der Waals surface area contributed by atoms with E-state index in [1.165, 1.54) is 0 Å². The number of likely N-dealkylation sites (N-methyl/N-ethyl adjacent to an activating group) is 1. The SMILES string of the molecule is CNC(=O)c1ccc(OC2CN(C(=O)N3CCCN(C)CC3)C2)cn1. The van der Waals surface area contributed by atoms with Crippen LogP contribution in [0.5, 0.6) is 5.75 Å². The van der Waals surface area contributed by atoms with E-state index in [0.717, 1.165) is 32.6 Å². The number of carbonyl (C=O) groups excluding carboxylic acids is 2. The summed E-state index contributed by atoms with van der Waals surface area (Å²) in [5.41, 5.74) is 0.353. The molecular formula is C17H25N5O3. The summed E-state index contributed by atoms with van der Waals surface area (Å²) in [6.07, 6.45) is 2.53. The van der Waals surface area contributed by atoms with Crippen molar-refractivity contribution in [3.63, 3.8) is 0 Å². The predicted molar refractivity (Wildman–Crippen MR) is 92.7 cm³/mol. The Kier molecular flexibility index (Phi) is 5.37. The summed E-state index contributed by atoms with van der Waals surface area (Å²) < 4.78 is 5.81. The van der Waals surface area contributed by atoms with Gasteiger partial charge in [-0.15, -0.1) is 0 Å². The highest BCUT2D eigenvalue weighted by atomic mass is 16.5. The molecule has 136 valence electrons. The summed E-state index contributed by atoms with van der Waals surface area (Å²) in [5.74, 6) is 0.385. The number of carbonyl (C=O) groups is 2. The van der Waals surface area contributed by atoms with Crippen molar-refractivity contribution < 1.29 is 14.3 Å². The molecule has 0 radical (unpaired) electrons. The second kappa shape index (κ2) is 7.69. The molecule has 2 saturated heterocycles. The Labute approximate surface area is 147 Å². The first kappa shape index (κ1) is 17.5. The van der Waals surface area contributed by atoms with E-state index < -0.39 is 0 Å². The fraction of sp³-hybridized carbons (Fsp3) is 0.588. The molecule has 2 aliphatic heterocycles. The van der Waals surface area contributed by atoms with E-state index in [0.29, 0.717) is 24.5 Å². The number of hydrogen-bond acceptors (Lipinski definition) is 5. The molecule has 2 aliphatic rings. The van der Waals surface area contributed by atoms with Gasteiger partial charge in [-0.1, -0.05) is 0 Å². The number of rotatable bonds is 3. The minimum absolute atomic E-state index is 0.0220. The Morgan fingerprint density at radius 3 is 2.64 bits per heavy atom. The lowest BCUT2D eigenvalue weighted by Gasteiger charge is -2.41. The lowest BCUT2D eigenvalue weighted by atomic mass is 10.2. The number of nitrogens with one attached hydrogen (secondary N) is 1. The van der Waals surface area contributed by atoms with Gasteiger partial charge in [0.25, 0.3) is 5.91 Å². The summed E-state index contributed by atoms with van der Waals surface area (Å²) in [7, 11) is 3.65. The molecule has 0 aliphatic carbocycles. The largest absolute Gasteiger partial charge is 0.485 e. The first-order valence-corrected chi connectivity index (χ1v) is 8.64. The lowest BCUT2D eigenvalue weighted by Crippen LogP contribution is -2.59. The average molecular weight is 347 g/mol. The lowest BCUT2D eigenvalue weighted by molar-refractivity contribution is 0.0310. The van der Waals surface area contributed by atoms with Crippen LogP contribution in [0.25, 0.3) is 0 Å². The molecule has 3 heterocycles. The summed E-state index contributed by atoms with van der Waals surface area (Å²) >= 11 is 0. The molecule has 8 nitrogen and oxygen atoms in total. The van der Waals surface area contributed by atoms with Gasteiger partial charge in [-0.3, -0.25) is 4.79 Å². The third-order valence-electron chi connectivity index (χ3n) is 4.61. The number of pyridine rings is 1. The van der Waals surface area contributed by atoms with Gasteiger partial charge in [0, 0.05) is 26.7 Å². The molecule has 0 spiro atoms. The van der Waals surface area contributed by atoms with Crippen LogP contribution in [0.2, 0.25) is 0 Å². The van der Waals surface area contributed by atoms with Gasteiger partial charge in [0.2, 0.25) is 0 Å². The van der Waals surface area contributed by atoms with Gasteiger partial charge in [-0.05, 0) is 32.1 Å². The normalized spacial score (nSPS) is 19.1. The second-order valence-electron chi connectivity index (χ2n) is 6.53. The second-order valence-corrected chi connectivity index (χ2v) is 6.53. The van der Waals surface area contributed by atoms with Crippen LogP contribution in [0.1, 0.15) is 16.9 Å². The maximum atomic E-state index is 12.5. The molecule has 0 atom stereocenters. The molecule has 1 N–H and O–H groups in total. The molecule has 0 aromatic carbocycles. The van der Waals surface area contributed by atoms with Crippen molar-refractivity contribution in [2.75, 3.05) is 53.4 Å². The van der Waals surface area contributed by atoms with E-state index in [1.54, 1.807) is 25.4 Å². The van der Waals surface area contributed by atoms with Crippen LogP contribution in [0.4, 0.5) is 4.79 Å². The number of nitrogens with zero attached hydrogens (tertiary/aromatic N) is 4. The van der Waals surface area contributed by atoms with Crippen LogP contribution in [0.15, 0.2) is 18.3 Å². The molecule has 3 rings (SSSR count). The van der Waals surface area contributed by atoms with Crippen molar-refractivity contribution in [2.24, 2.45) is 0 Å². The van der Waals surface area contributed by atoms with Gasteiger partial charge in [0.05, 0.1) is 19.3 Å². The predicted octanol–water partition coefficient (Wildman–Crippen LogP) is 0.262. The monoisotopic (exact) mass is 347 g/mol. The molecule has 1 aromatic heterocycles. The van der Waals surface area contributed by atoms with Gasteiger partial charge < -0.3 is 24.8 Å². The van der Waals surface area contributed by atoms with Crippen molar-refractivity contribution in [3.8, 4) is 5.75 Å². The Hall–Kier alpha value is -2.35. The highest BCUT2D eigenvalue weighted by Crippen LogP contribution is 2.19. The topological polar surface area (TPSA) is 78.0 Å². The van der Waals surface area contributed by atoms with E-state index in [-0.39, 0.29) is 18.0 Å². The average Bonchev–Trinajstić information content (AvgIpc) is 2.81. The Bertz CT molecular complexity index is 615. The van der Waals surface area contributed by atoms with Gasteiger partial charge >= 0.3 is 6.03 Å². The molecule has 0 saturated carbocycles. The Morgan fingerprint density at radius 1 is 1.16 bits per heavy atom. The number of amides is 3. The maximum Gasteiger partial charge on any atom is 0.320 e. The van der Waals surface area contributed by atoms with E-state index in [2.05, 4.69) is 22.2 Å². The van der Waals surface area contributed by atoms with Gasteiger partial charge in [0.1, 0.15) is 17.5 Å². The zero-order valence-corrected chi connectivity index (χ0v) is 14.8. The van der Waals surface area contributed by atoms with Crippen molar-refractivity contribution in [1.82, 2.24) is 25.0 Å². The standard InChI is InChI=1S/C17H25N5O3/c1-18-16(23)15-5-4-13(10-19-15)25-14-11-22(12-14)17(24)21-7-3-6-20(2)8-9-21/h4-5,10,14H,3,6-9,11-12H2,1-2H3,(H,18,23). The Morgan fingerprint density at radius 2 is 1.96 bits per heavy atom. The quantitative estimate of drug-likeness (QED) is 0.849. The van der Waals surface area contributed by atoms with Crippen LogP contribution in [-0.2, 0) is 0 Å². The summed E-state index contributed by atoms with van der Waals surface area (Å²) in [5, 5.41) is 2.53. The Balaban J connectivity index is 1.46. The number of hydrogen-bond donors (Lipinski definition) is 1. The number of aromatic nitrogens is 1.